The zero-order valence-corrected chi connectivity index (χ0v) is 21.0. The standard InChI is InChI=1S/C23H24IN3O7/c1-15-19(21(28)33-2)20(17-9-11-18(12-10-17)27(31)32)26(22(29)30)23(24,34-3)25(15)14-13-16-7-5-4-6-8-16/h4-12,20H,13-14H2,1-3H3,(H,29,30). The van der Waals surface area contributed by atoms with E-state index in [1.807, 2.05) is 52.9 Å². The molecule has 10 nitrogen and oxygen atoms in total. The minimum atomic E-state index is -1.51. The lowest BCUT2D eigenvalue weighted by Crippen LogP contribution is -2.63. The van der Waals surface area contributed by atoms with Crippen LogP contribution in [0.15, 0.2) is 65.9 Å². The number of non-ortho nitro benzene ring substituents is 1. The van der Waals surface area contributed by atoms with Crippen molar-refractivity contribution >= 4 is 40.3 Å². The molecule has 1 aliphatic rings. The summed E-state index contributed by atoms with van der Waals surface area (Å²) in [4.78, 5) is 38.8. The lowest BCUT2D eigenvalue weighted by atomic mass is 9.92. The molecule has 0 spiro atoms. The summed E-state index contributed by atoms with van der Waals surface area (Å²) in [5.74, 6) is -0.702. The van der Waals surface area contributed by atoms with E-state index in [9.17, 15) is 24.8 Å². The van der Waals surface area contributed by atoms with Crippen molar-refractivity contribution in [1.82, 2.24) is 9.80 Å². The molecule has 1 heterocycles. The monoisotopic (exact) mass is 581 g/mol. The number of carbonyl (C=O) groups is 2. The molecule has 2 aromatic carbocycles. The zero-order valence-electron chi connectivity index (χ0n) is 18.8. The van der Waals surface area contributed by atoms with Gasteiger partial charge in [0.2, 0.25) is 0 Å². The molecule has 0 aromatic heterocycles. The van der Waals surface area contributed by atoms with Crippen LogP contribution in [-0.4, -0.2) is 56.5 Å². The van der Waals surface area contributed by atoms with Crippen molar-refractivity contribution < 1.29 is 29.1 Å². The van der Waals surface area contributed by atoms with Crippen LogP contribution in [0.1, 0.15) is 24.1 Å². The number of carboxylic acid groups (broad SMARTS) is 1. The number of nitrogens with zero attached hydrogens (tertiary/aromatic N) is 3. The molecule has 2 unspecified atom stereocenters. The second-order valence-electron chi connectivity index (χ2n) is 7.51. The summed E-state index contributed by atoms with van der Waals surface area (Å²) in [7, 11) is 2.61. The van der Waals surface area contributed by atoms with Crippen LogP contribution in [0.2, 0.25) is 0 Å². The molecular weight excluding hydrogens is 557 g/mol. The smallest absolute Gasteiger partial charge is 0.412 e. The molecule has 2 aromatic rings. The summed E-state index contributed by atoms with van der Waals surface area (Å²) in [6, 6.07) is 13.9. The van der Waals surface area contributed by atoms with Crippen LogP contribution in [0, 0.1) is 10.1 Å². The molecule has 0 saturated carbocycles. The van der Waals surface area contributed by atoms with Crippen molar-refractivity contribution in [3.05, 3.63) is 87.1 Å². The Morgan fingerprint density at radius 2 is 1.76 bits per heavy atom. The molecule has 0 saturated heterocycles. The predicted octanol–water partition coefficient (Wildman–Crippen LogP) is 4.31. The fourth-order valence-electron chi connectivity index (χ4n) is 4.06. The van der Waals surface area contributed by atoms with Crippen molar-refractivity contribution in [2.75, 3.05) is 20.8 Å². The molecular formula is C23H24IN3O7. The Morgan fingerprint density at radius 3 is 2.26 bits per heavy atom. The first kappa shape index (κ1) is 25.4. The van der Waals surface area contributed by atoms with E-state index in [0.29, 0.717) is 24.2 Å². The van der Waals surface area contributed by atoms with E-state index in [-0.39, 0.29) is 11.3 Å². The van der Waals surface area contributed by atoms with Gasteiger partial charge in [0.05, 0.1) is 23.6 Å². The first-order valence-corrected chi connectivity index (χ1v) is 11.3. The van der Waals surface area contributed by atoms with E-state index in [4.69, 9.17) is 9.47 Å². The van der Waals surface area contributed by atoms with Gasteiger partial charge in [-0.2, -0.15) is 0 Å². The number of nitro benzene ring substituents is 1. The number of benzene rings is 2. The highest BCUT2D eigenvalue weighted by atomic mass is 127. The summed E-state index contributed by atoms with van der Waals surface area (Å²) < 4.78 is 9.28. The molecule has 1 aliphatic heterocycles. The van der Waals surface area contributed by atoms with Crippen LogP contribution in [0.3, 0.4) is 0 Å². The first-order chi connectivity index (χ1) is 16.2. The fourth-order valence-corrected chi connectivity index (χ4v) is 5.15. The molecule has 34 heavy (non-hydrogen) atoms. The molecule has 1 N–H and O–H groups in total. The summed E-state index contributed by atoms with van der Waals surface area (Å²) in [6.45, 7) is 2.06. The van der Waals surface area contributed by atoms with Crippen LogP contribution in [0.4, 0.5) is 10.5 Å². The summed E-state index contributed by atoms with van der Waals surface area (Å²) in [5.41, 5.74) is 1.84. The maximum Gasteiger partial charge on any atom is 0.412 e. The summed E-state index contributed by atoms with van der Waals surface area (Å²) >= 11 is 1.91. The maximum absolute atomic E-state index is 12.9. The van der Waals surface area contributed by atoms with Gasteiger partial charge in [-0.25, -0.2) is 14.5 Å². The van der Waals surface area contributed by atoms with E-state index >= 15 is 0 Å². The topological polar surface area (TPSA) is 122 Å². The first-order valence-electron chi connectivity index (χ1n) is 10.3. The van der Waals surface area contributed by atoms with Gasteiger partial charge in [-0.3, -0.25) is 10.1 Å². The number of esters is 1. The summed E-state index contributed by atoms with van der Waals surface area (Å²) in [5, 5.41) is 21.4. The lowest BCUT2D eigenvalue weighted by molar-refractivity contribution is -0.384. The van der Waals surface area contributed by atoms with E-state index in [0.717, 1.165) is 10.5 Å². The molecule has 3 rings (SSSR count). The second-order valence-corrected chi connectivity index (χ2v) is 8.92. The molecule has 0 aliphatic carbocycles. The van der Waals surface area contributed by atoms with Crippen molar-refractivity contribution in [3.63, 3.8) is 0 Å². The highest BCUT2D eigenvalue weighted by Gasteiger charge is 2.54. The largest absolute Gasteiger partial charge is 0.466 e. The fraction of sp³-hybridized carbons (Fsp3) is 0.304. The third kappa shape index (κ3) is 4.71. The highest BCUT2D eigenvalue weighted by Crippen LogP contribution is 2.48. The number of nitro groups is 1. The normalized spacial score (nSPS) is 20.3. The molecule has 11 heteroatoms. The van der Waals surface area contributed by atoms with Gasteiger partial charge >= 0.3 is 12.1 Å². The van der Waals surface area contributed by atoms with Crippen molar-refractivity contribution in [2.45, 2.75) is 23.2 Å². The van der Waals surface area contributed by atoms with Crippen LogP contribution >= 0.6 is 22.6 Å². The third-order valence-electron chi connectivity index (χ3n) is 5.71. The number of hydrogen-bond acceptors (Lipinski definition) is 7. The number of rotatable bonds is 7. The average molecular weight is 581 g/mol. The predicted molar refractivity (Wildman–Crippen MR) is 131 cm³/mol. The van der Waals surface area contributed by atoms with Gasteiger partial charge < -0.3 is 19.5 Å². The Balaban J connectivity index is 2.18. The highest BCUT2D eigenvalue weighted by molar-refractivity contribution is 14.1. The van der Waals surface area contributed by atoms with Crippen LogP contribution < -0.4 is 0 Å². The second kappa shape index (κ2) is 10.4. The minimum absolute atomic E-state index is 0.108. The quantitative estimate of drug-likeness (QED) is 0.128. The number of carbonyl (C=O) groups excluding carboxylic acids is 1. The van der Waals surface area contributed by atoms with Gasteiger partial charge in [0.15, 0.2) is 0 Å². The third-order valence-corrected chi connectivity index (χ3v) is 7.26. The molecule has 0 fully saturated rings. The minimum Gasteiger partial charge on any atom is -0.466 e. The maximum atomic E-state index is 12.9. The van der Waals surface area contributed by atoms with Crippen LogP contribution in [0.5, 0.6) is 0 Å². The zero-order chi connectivity index (χ0) is 25.0. The van der Waals surface area contributed by atoms with Gasteiger partial charge in [-0.05, 0) is 36.6 Å². The molecule has 180 valence electrons. The number of amides is 1. The molecule has 1 amide bonds. The van der Waals surface area contributed by atoms with Gasteiger partial charge in [0.25, 0.3) is 9.54 Å². The van der Waals surface area contributed by atoms with Gasteiger partial charge in [-0.15, -0.1) is 0 Å². The van der Waals surface area contributed by atoms with E-state index in [1.54, 1.807) is 11.8 Å². The Morgan fingerprint density at radius 1 is 1.15 bits per heavy atom. The number of alkyl halides is 1. The van der Waals surface area contributed by atoms with Crippen molar-refractivity contribution in [1.29, 1.82) is 0 Å². The SMILES string of the molecule is COC(=O)C1=C(C)N(CCc2ccccc2)C(I)(OC)N(C(=O)O)C1c1ccc([N+](=O)[O-])cc1. The molecule has 0 radical (unpaired) electrons. The van der Waals surface area contributed by atoms with E-state index < -0.39 is 26.9 Å². The Labute approximate surface area is 210 Å². The van der Waals surface area contributed by atoms with E-state index in [1.165, 1.54) is 38.5 Å². The Hall–Kier alpha value is -3.19. The number of halogens is 1. The average Bonchev–Trinajstić information content (AvgIpc) is 2.83. The van der Waals surface area contributed by atoms with Gasteiger partial charge in [-0.1, -0.05) is 30.3 Å². The van der Waals surface area contributed by atoms with Crippen molar-refractivity contribution in [2.24, 2.45) is 0 Å². The number of hydrogen-bond donors (Lipinski definition) is 1. The number of allylic oxidation sites excluding steroid dienone is 1. The van der Waals surface area contributed by atoms with Gasteiger partial charge in [0.1, 0.15) is 0 Å². The Bertz CT molecular complexity index is 1110. The number of methoxy groups -OCH3 is 2. The summed E-state index contributed by atoms with van der Waals surface area (Å²) in [6.07, 6.45) is -0.769. The van der Waals surface area contributed by atoms with Crippen LogP contribution in [0.25, 0.3) is 0 Å². The molecule has 0 bridgehead atoms. The number of ether oxygens (including phenoxy) is 2. The lowest BCUT2D eigenvalue weighted by Gasteiger charge is -2.52. The van der Waals surface area contributed by atoms with Crippen LogP contribution in [-0.2, 0) is 20.7 Å². The Kier molecular flexibility index (Phi) is 7.77. The van der Waals surface area contributed by atoms with Gasteiger partial charge in [0, 0.05) is 54.1 Å². The van der Waals surface area contributed by atoms with E-state index in [2.05, 4.69) is 0 Å². The van der Waals surface area contributed by atoms with Crippen molar-refractivity contribution in [3.8, 4) is 0 Å². The molecule has 2 atom stereocenters.